The Morgan fingerprint density at radius 3 is 2.69 bits per heavy atom. The number of hydrogen-bond acceptors (Lipinski definition) is 2. The van der Waals surface area contributed by atoms with Gasteiger partial charge in [0.1, 0.15) is 0 Å². The Morgan fingerprint density at radius 1 is 1.31 bits per heavy atom. The van der Waals surface area contributed by atoms with Gasteiger partial charge in [-0.2, -0.15) is 0 Å². The summed E-state index contributed by atoms with van der Waals surface area (Å²) in [4.78, 5) is 0. The summed E-state index contributed by atoms with van der Waals surface area (Å²) in [6.45, 7) is 5.35. The van der Waals surface area contributed by atoms with Crippen molar-refractivity contribution in [3.63, 3.8) is 0 Å². The van der Waals surface area contributed by atoms with E-state index in [0.717, 1.165) is 32.3 Å². The van der Waals surface area contributed by atoms with Gasteiger partial charge in [-0.15, -0.1) is 11.8 Å². The monoisotopic (exact) mass is 184 g/mol. The molecule has 0 amide bonds. The first kappa shape index (κ1) is 12.5. The molecule has 0 bridgehead atoms. The average Bonchev–Trinajstić information content (AvgIpc) is 2.13. The molecule has 1 unspecified atom stereocenters. The summed E-state index contributed by atoms with van der Waals surface area (Å²) in [5.41, 5.74) is 0. The summed E-state index contributed by atoms with van der Waals surface area (Å²) in [5, 5.41) is 9.43. The van der Waals surface area contributed by atoms with E-state index in [2.05, 4.69) is 18.8 Å². The predicted molar refractivity (Wildman–Crippen MR) is 54.4 cm³/mol. The summed E-state index contributed by atoms with van der Waals surface area (Å²) in [6.07, 6.45) is 3.06. The fourth-order valence-corrected chi connectivity index (χ4v) is 0.974. The van der Waals surface area contributed by atoms with E-state index >= 15 is 0 Å². The lowest BCUT2D eigenvalue weighted by molar-refractivity contribution is 0.0791. The molecule has 0 aromatic rings. The highest BCUT2D eigenvalue weighted by Gasteiger charge is 2.01. The Kier molecular flexibility index (Phi) is 9.18. The van der Waals surface area contributed by atoms with Crippen LogP contribution in [0.2, 0.25) is 0 Å². The molecule has 1 atom stereocenters. The Balaban J connectivity index is 3.18. The molecule has 0 aliphatic carbocycles. The van der Waals surface area contributed by atoms with Crippen molar-refractivity contribution in [1.29, 1.82) is 0 Å². The molecule has 0 aromatic carbocycles. The van der Waals surface area contributed by atoms with Crippen molar-refractivity contribution < 1.29 is 9.84 Å². The molecule has 0 aromatic heterocycles. The van der Waals surface area contributed by atoms with E-state index in [9.17, 15) is 5.11 Å². The first-order chi connectivity index (χ1) is 6.31. The molecule has 0 radical (unpaired) electrons. The molecule has 0 spiro atoms. The van der Waals surface area contributed by atoms with E-state index < -0.39 is 0 Å². The van der Waals surface area contributed by atoms with Crippen LogP contribution in [0.1, 0.15) is 39.5 Å². The molecule has 0 saturated carbocycles. The van der Waals surface area contributed by atoms with Gasteiger partial charge in [-0.25, -0.2) is 0 Å². The zero-order chi connectivity index (χ0) is 9.94. The van der Waals surface area contributed by atoms with Crippen LogP contribution in [-0.4, -0.2) is 24.4 Å². The van der Waals surface area contributed by atoms with Crippen LogP contribution in [0.25, 0.3) is 0 Å². The minimum atomic E-state index is -0.252. The van der Waals surface area contributed by atoms with Gasteiger partial charge in [-0.1, -0.05) is 6.92 Å². The van der Waals surface area contributed by atoms with E-state index in [1.807, 2.05) is 6.92 Å². The van der Waals surface area contributed by atoms with Crippen LogP contribution < -0.4 is 0 Å². The number of aliphatic hydroxyl groups is 1. The van der Waals surface area contributed by atoms with Crippen molar-refractivity contribution >= 4 is 0 Å². The third-order valence-corrected chi connectivity index (χ3v) is 1.72. The second kappa shape index (κ2) is 9.57. The third-order valence-electron chi connectivity index (χ3n) is 1.72. The topological polar surface area (TPSA) is 29.5 Å². The maximum atomic E-state index is 9.43. The largest absolute Gasteiger partial charge is 0.393 e. The van der Waals surface area contributed by atoms with Crippen LogP contribution in [0, 0.1) is 11.8 Å². The van der Waals surface area contributed by atoms with E-state index in [0.29, 0.717) is 6.61 Å². The second-order valence-corrected chi connectivity index (χ2v) is 3.02. The van der Waals surface area contributed by atoms with Gasteiger partial charge < -0.3 is 9.84 Å². The average molecular weight is 184 g/mol. The Bertz CT molecular complexity index is 155. The van der Waals surface area contributed by atoms with E-state index in [-0.39, 0.29) is 6.10 Å². The maximum absolute atomic E-state index is 9.43. The van der Waals surface area contributed by atoms with Crippen LogP contribution in [0.4, 0.5) is 0 Å². The van der Waals surface area contributed by atoms with Gasteiger partial charge in [0.05, 0.1) is 6.10 Å². The molecule has 76 valence electrons. The second-order valence-electron chi connectivity index (χ2n) is 3.02. The summed E-state index contributed by atoms with van der Waals surface area (Å²) in [7, 11) is 0. The van der Waals surface area contributed by atoms with Crippen molar-refractivity contribution in [2.24, 2.45) is 0 Å². The fraction of sp³-hybridized carbons (Fsp3) is 0.818. The van der Waals surface area contributed by atoms with Gasteiger partial charge in [-0.3, -0.25) is 0 Å². The van der Waals surface area contributed by atoms with Crippen LogP contribution >= 0.6 is 0 Å². The molecule has 2 nitrogen and oxygen atoms in total. The zero-order valence-corrected chi connectivity index (χ0v) is 8.68. The lowest BCUT2D eigenvalue weighted by Gasteiger charge is -2.08. The molecule has 0 rings (SSSR count). The normalized spacial score (nSPS) is 11.9. The van der Waals surface area contributed by atoms with E-state index in [1.165, 1.54) is 0 Å². The molecule has 0 aliphatic rings. The van der Waals surface area contributed by atoms with Crippen LogP contribution in [0.5, 0.6) is 0 Å². The van der Waals surface area contributed by atoms with Crippen LogP contribution in [-0.2, 0) is 4.74 Å². The lowest BCUT2D eigenvalue weighted by atomic mass is 10.1. The van der Waals surface area contributed by atoms with Gasteiger partial charge in [0.15, 0.2) is 0 Å². The Labute approximate surface area is 81.3 Å². The van der Waals surface area contributed by atoms with Crippen LogP contribution in [0.15, 0.2) is 0 Å². The summed E-state index contributed by atoms with van der Waals surface area (Å²) in [6, 6.07) is 0. The summed E-state index contributed by atoms with van der Waals surface area (Å²) in [5.74, 6) is 5.74. The highest BCUT2D eigenvalue weighted by atomic mass is 16.5. The van der Waals surface area contributed by atoms with Crippen molar-refractivity contribution in [3.05, 3.63) is 0 Å². The van der Waals surface area contributed by atoms with E-state index in [4.69, 9.17) is 4.74 Å². The third kappa shape index (κ3) is 9.39. The molecular formula is C11H20O2. The van der Waals surface area contributed by atoms with Gasteiger partial charge in [-0.05, 0) is 26.2 Å². The fourth-order valence-electron chi connectivity index (χ4n) is 0.974. The van der Waals surface area contributed by atoms with Gasteiger partial charge >= 0.3 is 0 Å². The van der Waals surface area contributed by atoms with Gasteiger partial charge in [0, 0.05) is 19.6 Å². The SMILES string of the molecule is CC#CCCC(O)CCOCCC. The Morgan fingerprint density at radius 2 is 2.08 bits per heavy atom. The quantitative estimate of drug-likeness (QED) is 0.484. The Hall–Kier alpha value is -0.520. The van der Waals surface area contributed by atoms with E-state index in [1.54, 1.807) is 0 Å². The summed E-state index contributed by atoms with van der Waals surface area (Å²) >= 11 is 0. The highest BCUT2D eigenvalue weighted by Crippen LogP contribution is 2.01. The highest BCUT2D eigenvalue weighted by molar-refractivity contribution is 4.94. The van der Waals surface area contributed by atoms with Gasteiger partial charge in [0.25, 0.3) is 0 Å². The number of aliphatic hydroxyl groups excluding tert-OH is 1. The first-order valence-electron chi connectivity index (χ1n) is 4.96. The minimum absolute atomic E-state index is 0.252. The minimum Gasteiger partial charge on any atom is -0.393 e. The van der Waals surface area contributed by atoms with Crippen molar-refractivity contribution in [2.75, 3.05) is 13.2 Å². The number of hydrogen-bond donors (Lipinski definition) is 1. The molecule has 1 N–H and O–H groups in total. The standard InChI is InChI=1S/C11H20O2/c1-3-5-6-7-11(12)8-10-13-9-4-2/h11-12H,4,6-10H2,1-2H3. The van der Waals surface area contributed by atoms with Crippen LogP contribution in [0.3, 0.4) is 0 Å². The van der Waals surface area contributed by atoms with Crippen molar-refractivity contribution in [1.82, 2.24) is 0 Å². The number of rotatable bonds is 7. The van der Waals surface area contributed by atoms with Gasteiger partial charge in [0.2, 0.25) is 0 Å². The first-order valence-corrected chi connectivity index (χ1v) is 4.96. The lowest BCUT2D eigenvalue weighted by Crippen LogP contribution is -2.10. The molecular weight excluding hydrogens is 164 g/mol. The number of ether oxygens (including phenoxy) is 1. The molecule has 0 heterocycles. The van der Waals surface area contributed by atoms with Crippen molar-refractivity contribution in [3.8, 4) is 11.8 Å². The molecule has 0 saturated heterocycles. The molecule has 0 fully saturated rings. The summed E-state index contributed by atoms with van der Waals surface area (Å²) < 4.78 is 5.26. The predicted octanol–water partition coefficient (Wildman–Crippen LogP) is 1.97. The molecule has 0 aliphatic heterocycles. The smallest absolute Gasteiger partial charge is 0.0571 e. The maximum Gasteiger partial charge on any atom is 0.0571 e. The molecule has 2 heteroatoms. The molecule has 13 heavy (non-hydrogen) atoms. The van der Waals surface area contributed by atoms with Crippen molar-refractivity contribution in [2.45, 2.75) is 45.6 Å². The zero-order valence-electron chi connectivity index (χ0n) is 8.68.